The molecule has 2 heterocycles. The quantitative estimate of drug-likeness (QED) is 0.352. The van der Waals surface area contributed by atoms with E-state index in [0.717, 1.165) is 22.2 Å². The highest BCUT2D eigenvalue weighted by atomic mass is 16.5. The van der Waals surface area contributed by atoms with Crippen LogP contribution in [0.4, 0.5) is 5.69 Å². The van der Waals surface area contributed by atoms with Gasteiger partial charge in [0.25, 0.3) is 5.91 Å². The Hall–Kier alpha value is -4.46. The van der Waals surface area contributed by atoms with Crippen molar-refractivity contribution in [2.45, 2.75) is 13.5 Å². The second-order valence-electron chi connectivity index (χ2n) is 7.71. The number of aryl methyl sites for hydroxylation is 1. The van der Waals surface area contributed by atoms with Crippen molar-refractivity contribution >= 4 is 33.5 Å². The fourth-order valence-electron chi connectivity index (χ4n) is 3.85. The van der Waals surface area contributed by atoms with Crippen molar-refractivity contribution in [2.24, 2.45) is 10.2 Å². The number of amides is 1. The van der Waals surface area contributed by atoms with Crippen molar-refractivity contribution in [1.29, 1.82) is 0 Å². The fraction of sp³-hybridized carbons (Fsp3) is 0.120. The van der Waals surface area contributed by atoms with Gasteiger partial charge in [0.2, 0.25) is 5.88 Å². The third-order valence-electron chi connectivity index (χ3n) is 5.45. The van der Waals surface area contributed by atoms with Crippen LogP contribution in [0.25, 0.3) is 33.3 Å². The van der Waals surface area contributed by atoms with Crippen molar-refractivity contribution in [3.8, 4) is 23.0 Å². The normalized spacial score (nSPS) is 11.6. The Morgan fingerprint density at radius 2 is 1.94 bits per heavy atom. The molecule has 164 valence electrons. The Labute approximate surface area is 189 Å². The van der Waals surface area contributed by atoms with Crippen LogP contribution >= 0.6 is 0 Å². The number of nitrogens with zero attached hydrogens (tertiary/aromatic N) is 4. The summed E-state index contributed by atoms with van der Waals surface area (Å²) in [7, 11) is 1.56. The third kappa shape index (κ3) is 3.82. The molecule has 0 saturated carbocycles. The van der Waals surface area contributed by atoms with Crippen LogP contribution in [0.15, 0.2) is 77.0 Å². The number of aromatic hydroxyl groups is 1. The van der Waals surface area contributed by atoms with E-state index < -0.39 is 5.91 Å². The van der Waals surface area contributed by atoms with Crippen LogP contribution in [0, 0.1) is 6.92 Å². The molecule has 0 aliphatic carbocycles. The Kier molecular flexibility index (Phi) is 5.10. The Morgan fingerprint density at radius 3 is 2.73 bits per heavy atom. The minimum atomic E-state index is -0.469. The summed E-state index contributed by atoms with van der Waals surface area (Å²) in [6.07, 6.45) is 0. The maximum absolute atomic E-state index is 12.8. The van der Waals surface area contributed by atoms with E-state index in [9.17, 15) is 9.90 Å². The summed E-state index contributed by atoms with van der Waals surface area (Å²) in [5, 5.41) is 18.8. The highest BCUT2D eigenvalue weighted by Crippen LogP contribution is 2.37. The van der Waals surface area contributed by atoms with Gasteiger partial charge in [-0.15, -0.1) is 10.2 Å². The average Bonchev–Trinajstić information content (AvgIpc) is 3.33. The third-order valence-corrected chi connectivity index (χ3v) is 5.45. The van der Waals surface area contributed by atoms with Gasteiger partial charge < -0.3 is 19.4 Å². The zero-order chi connectivity index (χ0) is 22.9. The molecule has 1 amide bonds. The number of H-pyrrole nitrogens is 1. The standard InChI is InChI=1S/C25H21N5O3/c1-15-8-11-21-20(12-15)26-24(16-6-4-3-5-7-16)30(21)14-22(31)28-29-23-18-13-17(33-2)9-10-19(18)27-25(23)32/h3-13,27,32H,14H2,1-2H3. The molecule has 33 heavy (non-hydrogen) atoms. The summed E-state index contributed by atoms with van der Waals surface area (Å²) in [5.74, 6) is 0.656. The molecule has 8 heteroatoms. The number of rotatable bonds is 5. The predicted octanol–water partition coefficient (Wildman–Crippen LogP) is 5.52. The lowest BCUT2D eigenvalue weighted by atomic mass is 10.2. The van der Waals surface area contributed by atoms with Crippen LogP contribution in [0.3, 0.4) is 0 Å². The van der Waals surface area contributed by atoms with Gasteiger partial charge in [-0.3, -0.25) is 4.79 Å². The van der Waals surface area contributed by atoms with Crippen LogP contribution < -0.4 is 4.74 Å². The van der Waals surface area contributed by atoms with Crippen molar-refractivity contribution in [3.05, 3.63) is 72.3 Å². The Bertz CT molecular complexity index is 1520. The van der Waals surface area contributed by atoms with Crippen molar-refractivity contribution in [3.63, 3.8) is 0 Å². The van der Waals surface area contributed by atoms with Crippen LogP contribution in [-0.2, 0) is 11.3 Å². The van der Waals surface area contributed by atoms with E-state index in [-0.39, 0.29) is 18.1 Å². The second-order valence-corrected chi connectivity index (χ2v) is 7.71. The van der Waals surface area contributed by atoms with E-state index in [1.807, 2.05) is 60.0 Å². The summed E-state index contributed by atoms with van der Waals surface area (Å²) in [4.78, 5) is 20.4. The number of ether oxygens (including phenoxy) is 1. The summed E-state index contributed by atoms with van der Waals surface area (Å²) in [6.45, 7) is 1.96. The van der Waals surface area contributed by atoms with E-state index in [1.165, 1.54) is 0 Å². The number of hydrogen-bond acceptors (Lipinski definition) is 5. The van der Waals surface area contributed by atoms with Crippen LogP contribution in [-0.4, -0.2) is 32.7 Å². The first kappa shape index (κ1) is 20.4. The summed E-state index contributed by atoms with van der Waals surface area (Å²) < 4.78 is 7.08. The summed E-state index contributed by atoms with van der Waals surface area (Å²) in [5.41, 5.74) is 4.48. The number of aromatic amines is 1. The van der Waals surface area contributed by atoms with Gasteiger partial charge in [0.05, 0.1) is 23.7 Å². The zero-order valence-corrected chi connectivity index (χ0v) is 18.1. The number of benzene rings is 3. The number of imidazole rings is 1. The maximum Gasteiger partial charge on any atom is 0.284 e. The van der Waals surface area contributed by atoms with E-state index in [0.29, 0.717) is 22.5 Å². The molecule has 5 rings (SSSR count). The SMILES string of the molecule is COc1ccc2[nH]c(O)c(N=NC(=O)Cn3c(-c4ccccc4)nc4cc(C)ccc43)c2c1. The largest absolute Gasteiger partial charge is 0.497 e. The van der Waals surface area contributed by atoms with E-state index in [2.05, 4.69) is 15.2 Å². The topological polar surface area (TPSA) is 105 Å². The lowest BCUT2D eigenvalue weighted by molar-refractivity contribution is -0.118. The Balaban J connectivity index is 1.51. The minimum Gasteiger partial charge on any atom is -0.497 e. The van der Waals surface area contributed by atoms with Crippen molar-refractivity contribution in [1.82, 2.24) is 14.5 Å². The molecule has 0 aliphatic heterocycles. The molecular weight excluding hydrogens is 418 g/mol. The molecule has 0 aliphatic rings. The second kappa shape index (κ2) is 8.23. The lowest BCUT2D eigenvalue weighted by Gasteiger charge is -2.07. The molecule has 5 aromatic rings. The van der Waals surface area contributed by atoms with Crippen molar-refractivity contribution in [2.75, 3.05) is 7.11 Å². The van der Waals surface area contributed by atoms with E-state index >= 15 is 0 Å². The van der Waals surface area contributed by atoms with Gasteiger partial charge in [-0.2, -0.15) is 0 Å². The number of nitrogens with one attached hydrogen (secondary N) is 1. The van der Waals surface area contributed by atoms with Gasteiger partial charge in [-0.05, 0) is 42.8 Å². The maximum atomic E-state index is 12.8. The molecule has 8 nitrogen and oxygen atoms in total. The van der Waals surface area contributed by atoms with Gasteiger partial charge in [0, 0.05) is 10.9 Å². The number of carbonyl (C=O) groups is 1. The minimum absolute atomic E-state index is 0.0419. The van der Waals surface area contributed by atoms with Crippen LogP contribution in [0.1, 0.15) is 5.56 Å². The highest BCUT2D eigenvalue weighted by molar-refractivity contribution is 5.95. The van der Waals surface area contributed by atoms with Crippen LogP contribution in [0.5, 0.6) is 11.6 Å². The van der Waals surface area contributed by atoms with Crippen molar-refractivity contribution < 1.29 is 14.6 Å². The number of methoxy groups -OCH3 is 1. The number of carbonyl (C=O) groups excluding carboxylic acids is 1. The average molecular weight is 439 g/mol. The lowest BCUT2D eigenvalue weighted by Crippen LogP contribution is -2.08. The van der Waals surface area contributed by atoms with E-state index in [1.54, 1.807) is 25.3 Å². The van der Waals surface area contributed by atoms with Gasteiger partial charge in [0.15, 0.2) is 5.69 Å². The summed E-state index contributed by atoms with van der Waals surface area (Å²) in [6, 6.07) is 20.9. The molecule has 3 aromatic carbocycles. The molecule has 0 radical (unpaired) electrons. The molecule has 2 aromatic heterocycles. The first-order chi connectivity index (χ1) is 16.0. The molecule has 2 N–H and O–H groups in total. The first-order valence-electron chi connectivity index (χ1n) is 10.4. The number of azo groups is 1. The number of fused-ring (bicyclic) bond motifs is 2. The molecule has 0 spiro atoms. The molecule has 0 unspecified atom stereocenters. The molecular formula is C25H21N5O3. The molecule has 0 saturated heterocycles. The van der Waals surface area contributed by atoms with Crippen LogP contribution in [0.2, 0.25) is 0 Å². The molecule has 0 bridgehead atoms. The highest BCUT2D eigenvalue weighted by Gasteiger charge is 2.16. The van der Waals surface area contributed by atoms with Gasteiger partial charge >= 0.3 is 0 Å². The zero-order valence-electron chi connectivity index (χ0n) is 18.1. The first-order valence-corrected chi connectivity index (χ1v) is 10.4. The summed E-state index contributed by atoms with van der Waals surface area (Å²) >= 11 is 0. The smallest absolute Gasteiger partial charge is 0.284 e. The van der Waals surface area contributed by atoms with E-state index in [4.69, 9.17) is 9.72 Å². The van der Waals surface area contributed by atoms with Gasteiger partial charge in [-0.25, -0.2) is 4.98 Å². The monoisotopic (exact) mass is 439 g/mol. The molecule has 0 atom stereocenters. The van der Waals surface area contributed by atoms with Gasteiger partial charge in [-0.1, -0.05) is 36.4 Å². The fourth-order valence-corrected chi connectivity index (χ4v) is 3.85. The number of hydrogen-bond donors (Lipinski definition) is 2. The molecule has 0 fully saturated rings. The Morgan fingerprint density at radius 1 is 1.12 bits per heavy atom. The van der Waals surface area contributed by atoms with Gasteiger partial charge in [0.1, 0.15) is 18.1 Å². The predicted molar refractivity (Wildman–Crippen MR) is 126 cm³/mol. The number of aromatic nitrogens is 3.